The van der Waals surface area contributed by atoms with Crippen LogP contribution in [0.5, 0.6) is 0 Å². The van der Waals surface area contributed by atoms with Crippen LogP contribution < -0.4 is 5.32 Å². The summed E-state index contributed by atoms with van der Waals surface area (Å²) in [5, 5.41) is 3.23. The topological polar surface area (TPSA) is 71.5 Å². The largest absolute Gasteiger partial charge is 0.375 e. The number of amides is 2. The Morgan fingerprint density at radius 2 is 1.71 bits per heavy atom. The summed E-state index contributed by atoms with van der Waals surface area (Å²) in [5.41, 5.74) is 3.30. The molecule has 2 aliphatic rings. The van der Waals surface area contributed by atoms with Crippen molar-refractivity contribution < 1.29 is 14.3 Å². The molecule has 1 aliphatic heterocycles. The molecule has 5 rings (SSSR count). The lowest BCUT2D eigenvalue weighted by molar-refractivity contribution is -0.0305. The normalized spacial score (nSPS) is 20.7. The number of carbonyl (C=O) groups excluding carboxylic acids is 2. The maximum Gasteiger partial charge on any atom is 0.253 e. The van der Waals surface area contributed by atoms with Gasteiger partial charge in [0.05, 0.1) is 17.7 Å². The highest BCUT2D eigenvalue weighted by molar-refractivity contribution is 5.95. The van der Waals surface area contributed by atoms with E-state index < -0.39 is 0 Å². The van der Waals surface area contributed by atoms with Gasteiger partial charge in [-0.05, 0) is 55.2 Å². The maximum absolute atomic E-state index is 13.1. The molecule has 0 bridgehead atoms. The summed E-state index contributed by atoms with van der Waals surface area (Å²) in [7, 11) is 0. The SMILES string of the molecule is CCO[C@H]1[C@H](NC(=O)c2cccnc2)c2ccccc2C12CCN(C(=O)c1ccccc1)CC2. The number of ether oxygens (including phenoxy) is 1. The molecule has 1 spiro atoms. The van der Waals surface area contributed by atoms with Crippen molar-refractivity contribution in [3.05, 3.63) is 101 Å². The Morgan fingerprint density at radius 1 is 1.00 bits per heavy atom. The van der Waals surface area contributed by atoms with Gasteiger partial charge < -0.3 is 15.0 Å². The van der Waals surface area contributed by atoms with Gasteiger partial charge in [0, 0.05) is 43.1 Å². The first kappa shape index (κ1) is 22.3. The van der Waals surface area contributed by atoms with Gasteiger partial charge in [-0.15, -0.1) is 0 Å². The number of piperidine rings is 1. The first-order valence-corrected chi connectivity index (χ1v) is 11.9. The van der Waals surface area contributed by atoms with Crippen molar-refractivity contribution in [1.82, 2.24) is 15.2 Å². The molecule has 2 amide bonds. The lowest BCUT2D eigenvalue weighted by atomic mass is 9.71. The molecular weight excluding hydrogens is 426 g/mol. The van der Waals surface area contributed by atoms with E-state index in [-0.39, 0.29) is 29.4 Å². The molecule has 2 heterocycles. The summed E-state index contributed by atoms with van der Waals surface area (Å²) in [6.07, 6.45) is 4.60. The standard InChI is InChI=1S/C28H29N3O3/c1-2-34-25-24(30-26(32)21-11-8-16-29-19-21)22-12-6-7-13-23(22)28(25)14-17-31(18-15-28)27(33)20-9-4-3-5-10-20/h3-13,16,19,24-25H,2,14-15,17-18H2,1H3,(H,30,32)/t24-,25+/m1/s1. The van der Waals surface area contributed by atoms with Gasteiger partial charge in [0.2, 0.25) is 0 Å². The van der Waals surface area contributed by atoms with Crippen LogP contribution in [0.15, 0.2) is 79.1 Å². The number of carbonyl (C=O) groups is 2. The highest BCUT2D eigenvalue weighted by Crippen LogP contribution is 2.52. The fourth-order valence-corrected chi connectivity index (χ4v) is 5.59. The second kappa shape index (κ2) is 9.39. The molecule has 3 aromatic rings. The zero-order chi connectivity index (χ0) is 23.5. The number of benzene rings is 2. The Bertz CT molecular complexity index is 1160. The number of pyridine rings is 1. The molecule has 0 saturated carbocycles. The molecule has 1 aromatic heterocycles. The fourth-order valence-electron chi connectivity index (χ4n) is 5.59. The zero-order valence-electron chi connectivity index (χ0n) is 19.3. The number of fused-ring (bicyclic) bond motifs is 2. The monoisotopic (exact) mass is 455 g/mol. The summed E-state index contributed by atoms with van der Waals surface area (Å²) in [5.74, 6) is -0.0949. The Kier molecular flexibility index (Phi) is 6.16. The number of aromatic nitrogens is 1. The third-order valence-corrected chi connectivity index (χ3v) is 7.20. The highest BCUT2D eigenvalue weighted by atomic mass is 16.5. The van der Waals surface area contributed by atoms with Crippen LogP contribution in [0.2, 0.25) is 0 Å². The van der Waals surface area contributed by atoms with E-state index in [1.807, 2.05) is 48.2 Å². The summed E-state index contributed by atoms with van der Waals surface area (Å²) in [6, 6.07) is 21.0. The second-order valence-corrected chi connectivity index (χ2v) is 8.97. The third-order valence-electron chi connectivity index (χ3n) is 7.20. The molecule has 6 nitrogen and oxygen atoms in total. The lowest BCUT2D eigenvalue weighted by Crippen LogP contribution is -2.52. The highest BCUT2D eigenvalue weighted by Gasteiger charge is 2.54. The van der Waals surface area contributed by atoms with E-state index in [0.717, 1.165) is 18.4 Å². The summed E-state index contributed by atoms with van der Waals surface area (Å²) in [6.45, 7) is 3.83. The number of hydrogen-bond donors (Lipinski definition) is 1. The van der Waals surface area contributed by atoms with Crippen molar-refractivity contribution in [1.29, 1.82) is 0 Å². The van der Waals surface area contributed by atoms with Gasteiger partial charge in [0.25, 0.3) is 11.8 Å². The first-order chi connectivity index (χ1) is 16.6. The van der Waals surface area contributed by atoms with Gasteiger partial charge in [-0.25, -0.2) is 0 Å². The lowest BCUT2D eigenvalue weighted by Gasteiger charge is -2.44. The van der Waals surface area contributed by atoms with Crippen LogP contribution in [0.1, 0.15) is 57.7 Å². The van der Waals surface area contributed by atoms with Crippen molar-refractivity contribution in [2.75, 3.05) is 19.7 Å². The summed E-state index contributed by atoms with van der Waals surface area (Å²) >= 11 is 0. The minimum atomic E-state index is -0.264. The molecule has 2 aromatic carbocycles. The van der Waals surface area contributed by atoms with E-state index in [2.05, 4.69) is 28.5 Å². The van der Waals surface area contributed by atoms with Crippen LogP contribution in [0.4, 0.5) is 0 Å². The minimum absolute atomic E-state index is 0.0659. The van der Waals surface area contributed by atoms with Crippen LogP contribution in [0, 0.1) is 0 Å². The van der Waals surface area contributed by atoms with E-state index in [1.54, 1.807) is 24.5 Å². The fraction of sp³-hybridized carbons (Fsp3) is 0.321. The zero-order valence-corrected chi connectivity index (χ0v) is 19.3. The average molecular weight is 456 g/mol. The number of hydrogen-bond acceptors (Lipinski definition) is 4. The maximum atomic E-state index is 13.1. The predicted octanol–water partition coefficient (Wildman–Crippen LogP) is 4.15. The predicted molar refractivity (Wildman–Crippen MR) is 130 cm³/mol. The van der Waals surface area contributed by atoms with Crippen LogP contribution in [0.25, 0.3) is 0 Å². The van der Waals surface area contributed by atoms with E-state index in [1.165, 1.54) is 5.56 Å². The molecule has 0 radical (unpaired) electrons. The Balaban J connectivity index is 1.43. The molecule has 1 fully saturated rings. The molecule has 6 heteroatoms. The van der Waals surface area contributed by atoms with Crippen molar-refractivity contribution in [2.45, 2.75) is 37.3 Å². The molecule has 2 atom stereocenters. The Hall–Kier alpha value is -3.51. The van der Waals surface area contributed by atoms with Crippen LogP contribution in [-0.4, -0.2) is 47.5 Å². The quantitative estimate of drug-likeness (QED) is 0.628. The van der Waals surface area contributed by atoms with Crippen molar-refractivity contribution in [3.63, 3.8) is 0 Å². The molecule has 0 unspecified atom stereocenters. The number of nitrogens with one attached hydrogen (secondary N) is 1. The van der Waals surface area contributed by atoms with Crippen LogP contribution >= 0.6 is 0 Å². The van der Waals surface area contributed by atoms with Gasteiger partial charge in [-0.3, -0.25) is 14.6 Å². The van der Waals surface area contributed by atoms with Gasteiger partial charge in [-0.1, -0.05) is 42.5 Å². The molecular formula is C28H29N3O3. The molecule has 1 N–H and O–H groups in total. The van der Waals surface area contributed by atoms with Gasteiger partial charge in [0.15, 0.2) is 0 Å². The smallest absolute Gasteiger partial charge is 0.253 e. The van der Waals surface area contributed by atoms with Crippen molar-refractivity contribution in [3.8, 4) is 0 Å². The van der Waals surface area contributed by atoms with Crippen molar-refractivity contribution in [2.24, 2.45) is 0 Å². The molecule has 1 saturated heterocycles. The van der Waals surface area contributed by atoms with E-state index >= 15 is 0 Å². The molecule has 1 aliphatic carbocycles. The minimum Gasteiger partial charge on any atom is -0.375 e. The average Bonchev–Trinajstić information content (AvgIpc) is 3.14. The van der Waals surface area contributed by atoms with E-state index in [0.29, 0.717) is 30.8 Å². The first-order valence-electron chi connectivity index (χ1n) is 11.9. The summed E-state index contributed by atoms with van der Waals surface area (Å²) < 4.78 is 6.37. The molecule has 34 heavy (non-hydrogen) atoms. The van der Waals surface area contributed by atoms with Crippen LogP contribution in [0.3, 0.4) is 0 Å². The second-order valence-electron chi connectivity index (χ2n) is 8.97. The van der Waals surface area contributed by atoms with Gasteiger partial charge in [0.1, 0.15) is 0 Å². The van der Waals surface area contributed by atoms with E-state index in [9.17, 15) is 9.59 Å². The number of rotatable bonds is 5. The van der Waals surface area contributed by atoms with Gasteiger partial charge >= 0.3 is 0 Å². The third kappa shape index (κ3) is 3.88. The van der Waals surface area contributed by atoms with Crippen molar-refractivity contribution >= 4 is 11.8 Å². The Morgan fingerprint density at radius 3 is 2.41 bits per heavy atom. The number of likely N-dealkylation sites (tertiary alicyclic amines) is 1. The Labute approximate surface area is 200 Å². The molecule has 174 valence electrons. The summed E-state index contributed by atoms with van der Waals surface area (Å²) in [4.78, 5) is 32.1. The van der Waals surface area contributed by atoms with E-state index in [4.69, 9.17) is 4.74 Å². The van der Waals surface area contributed by atoms with Crippen LogP contribution in [-0.2, 0) is 10.2 Å². The number of nitrogens with zero attached hydrogens (tertiary/aromatic N) is 2. The van der Waals surface area contributed by atoms with Gasteiger partial charge in [-0.2, -0.15) is 0 Å².